The van der Waals surface area contributed by atoms with Crippen LogP contribution in [0, 0.1) is 0 Å². The van der Waals surface area contributed by atoms with Crippen molar-refractivity contribution in [1.82, 2.24) is 15.2 Å². The van der Waals surface area contributed by atoms with E-state index in [-0.39, 0.29) is 0 Å². The van der Waals surface area contributed by atoms with Crippen molar-refractivity contribution in [2.75, 3.05) is 0 Å². The molecule has 0 radical (unpaired) electrons. The minimum Gasteiger partial charge on any atom is -0.277 e. The van der Waals surface area contributed by atoms with E-state index in [1.165, 1.54) is 12.1 Å². The third kappa shape index (κ3) is 3.96. The molecule has 28 heavy (non-hydrogen) atoms. The van der Waals surface area contributed by atoms with Gasteiger partial charge in [0.1, 0.15) is 0 Å². The van der Waals surface area contributed by atoms with E-state index >= 15 is 0 Å². The zero-order valence-electron chi connectivity index (χ0n) is 14.7. The minimum atomic E-state index is -4.34. The molecule has 0 bridgehead atoms. The van der Waals surface area contributed by atoms with Crippen LogP contribution in [0.3, 0.4) is 0 Å². The maximum Gasteiger partial charge on any atom is 0.416 e. The second-order valence-corrected chi connectivity index (χ2v) is 6.45. The maximum atomic E-state index is 12.9. The van der Waals surface area contributed by atoms with Crippen LogP contribution in [0.1, 0.15) is 28.1 Å². The highest BCUT2D eigenvalue weighted by atomic mass is 19.4. The summed E-state index contributed by atoms with van der Waals surface area (Å²) in [6, 6.07) is 16.8. The molecule has 0 aliphatic rings. The molecule has 0 saturated heterocycles. The van der Waals surface area contributed by atoms with Crippen molar-refractivity contribution < 1.29 is 13.2 Å². The van der Waals surface area contributed by atoms with Gasteiger partial charge in [-0.2, -0.15) is 18.3 Å². The van der Waals surface area contributed by atoms with Crippen LogP contribution in [0.15, 0.2) is 66.9 Å². The van der Waals surface area contributed by atoms with Gasteiger partial charge in [0.05, 0.1) is 22.5 Å². The Hall–Kier alpha value is -3.41. The number of aromatic amines is 1. The van der Waals surface area contributed by atoms with Crippen LogP contribution < -0.4 is 0 Å². The topological polar surface area (TPSA) is 41.6 Å². The molecule has 4 aromatic rings. The maximum absolute atomic E-state index is 12.9. The highest BCUT2D eigenvalue weighted by Crippen LogP contribution is 2.30. The van der Waals surface area contributed by atoms with Crippen molar-refractivity contribution in [2.24, 2.45) is 0 Å². The molecule has 0 fully saturated rings. The van der Waals surface area contributed by atoms with Crippen LogP contribution in [0.25, 0.3) is 23.1 Å². The molecule has 0 aliphatic heterocycles. The average Bonchev–Trinajstić information content (AvgIpc) is 3.09. The Labute approximate surface area is 159 Å². The first-order valence-electron chi connectivity index (χ1n) is 8.71. The predicted octanol–water partition coefficient (Wildman–Crippen LogP) is 5.74. The highest BCUT2D eigenvalue weighted by Gasteiger charge is 2.30. The molecule has 0 aliphatic carbocycles. The lowest BCUT2D eigenvalue weighted by Gasteiger charge is -2.09. The molecular formula is C22H16F3N3. The van der Waals surface area contributed by atoms with Gasteiger partial charge >= 0.3 is 6.18 Å². The molecule has 0 atom stereocenters. The molecule has 2 aromatic carbocycles. The quantitative estimate of drug-likeness (QED) is 0.491. The average molecular weight is 379 g/mol. The molecule has 4 rings (SSSR count). The fraction of sp³-hybridized carbons (Fsp3) is 0.0909. The lowest BCUT2D eigenvalue weighted by Crippen LogP contribution is -2.05. The first-order valence-corrected chi connectivity index (χ1v) is 8.71. The Kier molecular flexibility index (Phi) is 4.69. The number of halogens is 3. The van der Waals surface area contributed by atoms with Gasteiger partial charge < -0.3 is 0 Å². The lowest BCUT2D eigenvalue weighted by atomic mass is 10.0. The zero-order valence-corrected chi connectivity index (χ0v) is 14.7. The first-order chi connectivity index (χ1) is 13.5. The molecule has 0 amide bonds. The van der Waals surface area contributed by atoms with Crippen LogP contribution in [0.5, 0.6) is 0 Å². The van der Waals surface area contributed by atoms with Gasteiger partial charge in [-0.05, 0) is 60.0 Å². The van der Waals surface area contributed by atoms with E-state index in [2.05, 4.69) is 15.2 Å². The molecule has 1 N–H and O–H groups in total. The number of aromatic nitrogens is 3. The molecule has 2 heterocycles. The van der Waals surface area contributed by atoms with Crippen molar-refractivity contribution in [1.29, 1.82) is 0 Å². The van der Waals surface area contributed by atoms with Gasteiger partial charge in [0, 0.05) is 11.6 Å². The van der Waals surface area contributed by atoms with Crippen LogP contribution in [0.4, 0.5) is 13.2 Å². The summed E-state index contributed by atoms with van der Waals surface area (Å²) in [7, 11) is 0. The van der Waals surface area contributed by atoms with Gasteiger partial charge in [-0.25, -0.2) is 0 Å². The molecule has 0 saturated carbocycles. The lowest BCUT2D eigenvalue weighted by molar-refractivity contribution is -0.137. The number of nitrogens with zero attached hydrogens (tertiary/aromatic N) is 2. The van der Waals surface area contributed by atoms with Gasteiger partial charge in [-0.1, -0.05) is 30.3 Å². The van der Waals surface area contributed by atoms with E-state index in [1.54, 1.807) is 12.3 Å². The number of hydrogen-bond donors (Lipinski definition) is 1. The second-order valence-electron chi connectivity index (χ2n) is 6.45. The number of H-pyrrole nitrogens is 1. The molecule has 6 heteroatoms. The van der Waals surface area contributed by atoms with Crippen LogP contribution >= 0.6 is 0 Å². The van der Waals surface area contributed by atoms with Crippen molar-refractivity contribution in [3.05, 3.63) is 94.9 Å². The predicted molar refractivity (Wildman–Crippen MR) is 104 cm³/mol. The number of benzene rings is 2. The standard InChI is InChI=1S/C22H16F3N3/c23-22(24,25)17-5-3-4-15(13-17)12-16-7-9-20-19(14-16)21(28-27-20)10-8-18-6-1-2-11-26-18/h1-11,13-14H,12H2,(H,27,28)/b10-8+. The fourth-order valence-corrected chi connectivity index (χ4v) is 3.05. The number of nitrogens with one attached hydrogen (secondary N) is 1. The van der Waals surface area contributed by atoms with E-state index in [0.717, 1.165) is 33.9 Å². The summed E-state index contributed by atoms with van der Waals surface area (Å²) in [5, 5.41) is 8.18. The van der Waals surface area contributed by atoms with Crippen LogP contribution in [-0.2, 0) is 12.6 Å². The number of alkyl halides is 3. The third-order valence-electron chi connectivity index (χ3n) is 4.42. The summed E-state index contributed by atoms with van der Waals surface area (Å²) in [5.41, 5.74) is 3.35. The summed E-state index contributed by atoms with van der Waals surface area (Å²) in [5.74, 6) is 0. The number of fused-ring (bicyclic) bond motifs is 1. The van der Waals surface area contributed by atoms with E-state index in [1.807, 2.05) is 48.6 Å². The normalized spacial score (nSPS) is 12.1. The second kappa shape index (κ2) is 7.31. The summed E-state index contributed by atoms with van der Waals surface area (Å²) in [6.07, 6.45) is 1.57. The third-order valence-corrected chi connectivity index (χ3v) is 4.42. The highest BCUT2D eigenvalue weighted by molar-refractivity contribution is 5.89. The van der Waals surface area contributed by atoms with Crippen molar-refractivity contribution in [3.8, 4) is 0 Å². The van der Waals surface area contributed by atoms with Crippen LogP contribution in [-0.4, -0.2) is 15.2 Å². The number of hydrogen-bond acceptors (Lipinski definition) is 2. The van der Waals surface area contributed by atoms with Gasteiger partial charge in [-0.15, -0.1) is 0 Å². The Morgan fingerprint density at radius 3 is 2.54 bits per heavy atom. The zero-order chi connectivity index (χ0) is 19.6. The van der Waals surface area contributed by atoms with E-state index in [4.69, 9.17) is 0 Å². The summed E-state index contributed by atoms with van der Waals surface area (Å²) in [4.78, 5) is 4.25. The Morgan fingerprint density at radius 2 is 1.75 bits per heavy atom. The Morgan fingerprint density at radius 1 is 0.893 bits per heavy atom. The van der Waals surface area contributed by atoms with Crippen molar-refractivity contribution >= 4 is 23.1 Å². The summed E-state index contributed by atoms with van der Waals surface area (Å²) >= 11 is 0. The minimum absolute atomic E-state index is 0.411. The summed E-state index contributed by atoms with van der Waals surface area (Å²) in [6.45, 7) is 0. The van der Waals surface area contributed by atoms with Gasteiger partial charge in [-0.3, -0.25) is 10.1 Å². The molecule has 140 valence electrons. The van der Waals surface area contributed by atoms with Gasteiger partial charge in [0.25, 0.3) is 0 Å². The van der Waals surface area contributed by atoms with Crippen molar-refractivity contribution in [2.45, 2.75) is 12.6 Å². The van der Waals surface area contributed by atoms with Crippen molar-refractivity contribution in [3.63, 3.8) is 0 Å². The molecule has 0 spiro atoms. The monoisotopic (exact) mass is 379 g/mol. The molecule has 3 nitrogen and oxygen atoms in total. The SMILES string of the molecule is FC(F)(F)c1cccc(Cc2ccc3n[nH]c(/C=C/c4ccccn4)c3c2)c1. The van der Waals surface area contributed by atoms with Gasteiger partial charge in [0.2, 0.25) is 0 Å². The summed E-state index contributed by atoms with van der Waals surface area (Å²) < 4.78 is 38.8. The Balaban J connectivity index is 1.62. The fourth-order valence-electron chi connectivity index (χ4n) is 3.05. The van der Waals surface area contributed by atoms with E-state index < -0.39 is 11.7 Å². The smallest absolute Gasteiger partial charge is 0.277 e. The van der Waals surface area contributed by atoms with Crippen LogP contribution in [0.2, 0.25) is 0 Å². The van der Waals surface area contributed by atoms with Gasteiger partial charge in [0.15, 0.2) is 0 Å². The molecular weight excluding hydrogens is 363 g/mol. The van der Waals surface area contributed by atoms with E-state index in [0.29, 0.717) is 12.0 Å². The number of pyridine rings is 1. The Bertz CT molecular complexity index is 1130. The largest absolute Gasteiger partial charge is 0.416 e. The molecule has 0 unspecified atom stereocenters. The first kappa shape index (κ1) is 18.0. The van der Waals surface area contributed by atoms with E-state index in [9.17, 15) is 13.2 Å². The number of rotatable bonds is 4. The molecule has 2 aromatic heterocycles.